The molecule has 1 heterocycles. The number of sulfonamides is 1. The minimum absolute atomic E-state index is 0.417. The highest BCUT2D eigenvalue weighted by atomic mass is 32.2. The molecule has 0 aromatic heterocycles. The van der Waals surface area contributed by atoms with Gasteiger partial charge in [-0.05, 0) is 39.7 Å². The van der Waals surface area contributed by atoms with Crippen molar-refractivity contribution in [3.05, 3.63) is 0 Å². The molecular formula is C15H33N5O2S. The number of nitrogens with zero attached hydrogens (tertiary/aromatic N) is 2. The Labute approximate surface area is 141 Å². The Morgan fingerprint density at radius 3 is 2.39 bits per heavy atom. The Kier molecular flexibility index (Phi) is 7.76. The monoisotopic (exact) mass is 347 g/mol. The molecule has 0 aromatic rings. The maximum atomic E-state index is 11.4. The van der Waals surface area contributed by atoms with Crippen molar-refractivity contribution in [3.63, 3.8) is 0 Å². The second-order valence-electron chi connectivity index (χ2n) is 6.94. The first kappa shape index (κ1) is 20.2. The molecule has 0 unspecified atom stereocenters. The van der Waals surface area contributed by atoms with E-state index in [2.05, 4.69) is 32.2 Å². The maximum absolute atomic E-state index is 11.4. The van der Waals surface area contributed by atoms with E-state index in [-0.39, 0.29) is 0 Å². The van der Waals surface area contributed by atoms with Gasteiger partial charge in [-0.1, -0.05) is 6.92 Å². The molecule has 0 bridgehead atoms. The summed E-state index contributed by atoms with van der Waals surface area (Å²) in [6.45, 7) is 9.77. The summed E-state index contributed by atoms with van der Waals surface area (Å²) in [6.07, 6.45) is 4.58. The van der Waals surface area contributed by atoms with E-state index in [1.54, 1.807) is 7.05 Å². The van der Waals surface area contributed by atoms with Gasteiger partial charge in [-0.3, -0.25) is 4.99 Å². The first-order valence-corrected chi connectivity index (χ1v) is 10.2. The summed E-state index contributed by atoms with van der Waals surface area (Å²) >= 11 is 0. The molecular weight excluding hydrogens is 314 g/mol. The number of likely N-dealkylation sites (tertiary alicyclic amines) is 1. The van der Waals surface area contributed by atoms with Gasteiger partial charge in [0, 0.05) is 38.3 Å². The van der Waals surface area contributed by atoms with Crippen LogP contribution in [-0.4, -0.2) is 70.3 Å². The second-order valence-corrected chi connectivity index (χ2v) is 8.69. The summed E-state index contributed by atoms with van der Waals surface area (Å²) in [5, 5.41) is 6.65. The lowest BCUT2D eigenvalue weighted by atomic mass is 10.0. The van der Waals surface area contributed by atoms with Crippen LogP contribution in [0.15, 0.2) is 4.99 Å². The number of guanidine groups is 1. The lowest BCUT2D eigenvalue weighted by Crippen LogP contribution is -2.55. The van der Waals surface area contributed by atoms with Gasteiger partial charge in [-0.2, -0.15) is 0 Å². The Balaban J connectivity index is 2.41. The second kappa shape index (κ2) is 8.84. The van der Waals surface area contributed by atoms with Crippen molar-refractivity contribution in [3.8, 4) is 0 Å². The van der Waals surface area contributed by atoms with Gasteiger partial charge in [0.15, 0.2) is 5.96 Å². The van der Waals surface area contributed by atoms with Crippen molar-refractivity contribution >= 4 is 16.0 Å². The quantitative estimate of drug-likeness (QED) is 0.457. The lowest BCUT2D eigenvalue weighted by molar-refractivity contribution is 0.206. The van der Waals surface area contributed by atoms with Gasteiger partial charge in [0.1, 0.15) is 0 Å². The Bertz CT molecular complexity index is 482. The molecule has 0 aromatic carbocycles. The fraction of sp³-hybridized carbons (Fsp3) is 0.933. The molecule has 136 valence electrons. The molecule has 1 aliphatic heterocycles. The van der Waals surface area contributed by atoms with Gasteiger partial charge in [-0.15, -0.1) is 0 Å². The summed E-state index contributed by atoms with van der Waals surface area (Å²) in [5.74, 6) is 0.724. The van der Waals surface area contributed by atoms with Gasteiger partial charge < -0.3 is 15.5 Å². The van der Waals surface area contributed by atoms with Crippen LogP contribution in [0.1, 0.15) is 40.0 Å². The zero-order valence-corrected chi connectivity index (χ0v) is 16.0. The van der Waals surface area contributed by atoms with Gasteiger partial charge >= 0.3 is 0 Å². The fourth-order valence-corrected chi connectivity index (χ4v) is 3.92. The predicted octanol–water partition coefficient (Wildman–Crippen LogP) is 0.354. The molecule has 7 nitrogen and oxygen atoms in total. The zero-order chi connectivity index (χ0) is 17.5. The van der Waals surface area contributed by atoms with Gasteiger partial charge in [0.25, 0.3) is 0 Å². The molecule has 1 aliphatic rings. The summed E-state index contributed by atoms with van der Waals surface area (Å²) in [6, 6.07) is 0.417. The third-order valence-corrected chi connectivity index (χ3v) is 4.77. The van der Waals surface area contributed by atoms with Crippen molar-refractivity contribution in [2.45, 2.75) is 51.6 Å². The van der Waals surface area contributed by atoms with E-state index in [4.69, 9.17) is 0 Å². The number of piperidine rings is 1. The number of rotatable bonds is 7. The Morgan fingerprint density at radius 2 is 1.91 bits per heavy atom. The summed E-state index contributed by atoms with van der Waals surface area (Å²) in [5.41, 5.74) is -0.574. The van der Waals surface area contributed by atoms with E-state index in [0.717, 1.165) is 31.9 Å². The molecule has 8 heteroatoms. The molecule has 0 aliphatic carbocycles. The molecule has 0 radical (unpaired) electrons. The summed E-state index contributed by atoms with van der Waals surface area (Å²) < 4.78 is 25.4. The molecule has 23 heavy (non-hydrogen) atoms. The van der Waals surface area contributed by atoms with Crippen LogP contribution in [-0.2, 0) is 10.0 Å². The number of hydrogen-bond donors (Lipinski definition) is 3. The topological polar surface area (TPSA) is 85.8 Å². The van der Waals surface area contributed by atoms with Crippen molar-refractivity contribution in [1.29, 1.82) is 0 Å². The van der Waals surface area contributed by atoms with Crippen LogP contribution in [0.2, 0.25) is 0 Å². The highest BCUT2D eigenvalue weighted by Gasteiger charge is 2.23. The zero-order valence-electron chi connectivity index (χ0n) is 15.1. The minimum atomic E-state index is -3.23. The van der Waals surface area contributed by atoms with E-state index in [1.165, 1.54) is 19.2 Å². The van der Waals surface area contributed by atoms with Crippen LogP contribution in [0.5, 0.6) is 0 Å². The molecule has 0 amide bonds. The molecule has 1 saturated heterocycles. The summed E-state index contributed by atoms with van der Waals surface area (Å²) in [4.78, 5) is 6.73. The van der Waals surface area contributed by atoms with Crippen LogP contribution in [0.25, 0.3) is 0 Å². The average Bonchev–Trinajstić information content (AvgIpc) is 2.43. The van der Waals surface area contributed by atoms with Gasteiger partial charge in [-0.25, -0.2) is 13.1 Å². The van der Waals surface area contributed by atoms with Crippen molar-refractivity contribution in [2.24, 2.45) is 4.99 Å². The smallest absolute Gasteiger partial charge is 0.209 e. The first-order chi connectivity index (χ1) is 10.6. The third kappa shape index (κ3) is 8.53. The van der Waals surface area contributed by atoms with Gasteiger partial charge in [0.2, 0.25) is 10.0 Å². The number of hydrogen-bond acceptors (Lipinski definition) is 4. The predicted molar refractivity (Wildman–Crippen MR) is 96.3 cm³/mol. The van der Waals surface area contributed by atoms with E-state index >= 15 is 0 Å². The summed E-state index contributed by atoms with van der Waals surface area (Å²) in [7, 11) is -1.50. The third-order valence-electron chi connectivity index (χ3n) is 3.85. The number of aliphatic imine (C=N–C) groups is 1. The molecule has 0 atom stereocenters. The normalized spacial score (nSPS) is 18.9. The van der Waals surface area contributed by atoms with Crippen LogP contribution < -0.4 is 15.4 Å². The average molecular weight is 348 g/mol. The lowest BCUT2D eigenvalue weighted by Gasteiger charge is -2.33. The SMILES string of the molecule is CCCN1CCC(NC(=NC)NCC(C)(C)NS(C)(=O)=O)CC1. The van der Waals surface area contributed by atoms with Crippen molar-refractivity contribution < 1.29 is 8.42 Å². The van der Waals surface area contributed by atoms with Crippen LogP contribution in [0.4, 0.5) is 0 Å². The van der Waals surface area contributed by atoms with E-state index < -0.39 is 15.6 Å². The van der Waals surface area contributed by atoms with E-state index in [1.807, 2.05) is 13.8 Å². The Morgan fingerprint density at radius 1 is 1.30 bits per heavy atom. The minimum Gasteiger partial charge on any atom is -0.355 e. The standard InChI is InChI=1S/C15H33N5O2S/c1-6-9-20-10-7-13(8-11-20)18-14(16-4)17-12-15(2,3)19-23(5,21)22/h13,19H,6-12H2,1-5H3,(H2,16,17,18). The number of nitrogens with one attached hydrogen (secondary N) is 3. The molecule has 3 N–H and O–H groups in total. The molecule has 1 rings (SSSR count). The van der Waals surface area contributed by atoms with Crippen molar-refractivity contribution in [1.82, 2.24) is 20.3 Å². The highest BCUT2D eigenvalue weighted by molar-refractivity contribution is 7.88. The van der Waals surface area contributed by atoms with Crippen molar-refractivity contribution in [2.75, 3.05) is 39.5 Å². The van der Waals surface area contributed by atoms with E-state index in [0.29, 0.717) is 12.6 Å². The first-order valence-electron chi connectivity index (χ1n) is 8.33. The largest absolute Gasteiger partial charge is 0.355 e. The van der Waals surface area contributed by atoms with Crippen LogP contribution >= 0.6 is 0 Å². The highest BCUT2D eigenvalue weighted by Crippen LogP contribution is 2.10. The maximum Gasteiger partial charge on any atom is 0.209 e. The van der Waals surface area contributed by atoms with Gasteiger partial charge in [0.05, 0.1) is 6.26 Å². The molecule has 0 spiro atoms. The fourth-order valence-electron chi connectivity index (χ4n) is 2.85. The molecule has 0 saturated carbocycles. The Hall–Kier alpha value is -0.860. The molecule has 1 fully saturated rings. The van der Waals surface area contributed by atoms with Crippen LogP contribution in [0, 0.1) is 0 Å². The van der Waals surface area contributed by atoms with Crippen LogP contribution in [0.3, 0.4) is 0 Å². The van der Waals surface area contributed by atoms with E-state index in [9.17, 15) is 8.42 Å².